The molecule has 4 heteroatoms. The van der Waals surface area contributed by atoms with E-state index >= 15 is 0 Å². The van der Waals surface area contributed by atoms with Gasteiger partial charge in [-0.1, -0.05) is 23.3 Å². The van der Waals surface area contributed by atoms with E-state index in [9.17, 15) is 4.57 Å². The van der Waals surface area contributed by atoms with Crippen molar-refractivity contribution < 1.29 is 14.4 Å². The molecule has 0 radical (unpaired) electrons. The minimum Gasteiger partial charge on any atom is -0.324 e. The van der Waals surface area contributed by atoms with Crippen LogP contribution in [0.2, 0.25) is 0 Å². The van der Waals surface area contributed by atoms with Crippen molar-refractivity contribution in [3.05, 3.63) is 23.3 Å². The Morgan fingerprint density at radius 1 is 1.21 bits per heavy atom. The van der Waals surface area contributed by atoms with Crippen molar-refractivity contribution in [3.63, 3.8) is 0 Å². The Morgan fingerprint density at radius 3 is 2.21 bits per heavy atom. The fourth-order valence-electron chi connectivity index (χ4n) is 0.965. The fourth-order valence-corrected chi connectivity index (χ4v) is 1.51. The highest BCUT2D eigenvalue weighted by atomic mass is 31.2. The van der Waals surface area contributed by atoms with Crippen LogP contribution < -0.4 is 0 Å². The number of hydrogen-bond donors (Lipinski definition) is 2. The van der Waals surface area contributed by atoms with Gasteiger partial charge in [0.15, 0.2) is 0 Å². The molecular weight excluding hydrogens is 199 g/mol. The molecule has 3 nitrogen and oxygen atoms in total. The molecule has 14 heavy (non-hydrogen) atoms. The second kappa shape index (κ2) is 6.18. The molecule has 0 saturated heterocycles. The van der Waals surface area contributed by atoms with Crippen LogP contribution in [0.5, 0.6) is 0 Å². The Morgan fingerprint density at radius 2 is 1.79 bits per heavy atom. The molecule has 0 spiro atoms. The molecular formula is C10H19O3P. The van der Waals surface area contributed by atoms with Crippen LogP contribution in [0.25, 0.3) is 0 Å². The summed E-state index contributed by atoms with van der Waals surface area (Å²) in [5, 5.41) is 0. The zero-order valence-electron chi connectivity index (χ0n) is 9.03. The van der Waals surface area contributed by atoms with Crippen LogP contribution in [0.4, 0.5) is 0 Å². The van der Waals surface area contributed by atoms with Gasteiger partial charge in [0.2, 0.25) is 0 Å². The van der Waals surface area contributed by atoms with Gasteiger partial charge >= 0.3 is 7.60 Å². The van der Waals surface area contributed by atoms with Crippen LogP contribution in [-0.4, -0.2) is 15.9 Å². The summed E-state index contributed by atoms with van der Waals surface area (Å²) in [6.07, 6.45) is 5.40. The summed E-state index contributed by atoms with van der Waals surface area (Å²) in [6.45, 7) is 5.97. The van der Waals surface area contributed by atoms with Crippen molar-refractivity contribution in [1.29, 1.82) is 0 Å². The molecule has 0 saturated carbocycles. The molecule has 0 rings (SSSR count). The summed E-state index contributed by atoms with van der Waals surface area (Å²) in [6, 6.07) is 0. The van der Waals surface area contributed by atoms with Gasteiger partial charge in [-0.3, -0.25) is 4.57 Å². The first kappa shape index (κ1) is 13.6. The zero-order valence-corrected chi connectivity index (χ0v) is 9.92. The van der Waals surface area contributed by atoms with Gasteiger partial charge < -0.3 is 9.79 Å². The SMILES string of the molecule is CC(C)=CCCC(C)=CCP(=O)(O)O. The summed E-state index contributed by atoms with van der Waals surface area (Å²) < 4.78 is 10.6. The van der Waals surface area contributed by atoms with Gasteiger partial charge in [0.05, 0.1) is 6.16 Å². The average Bonchev–Trinajstić information content (AvgIpc) is 1.99. The molecule has 0 unspecified atom stereocenters. The number of rotatable bonds is 5. The predicted molar refractivity (Wildman–Crippen MR) is 59.3 cm³/mol. The van der Waals surface area contributed by atoms with Crippen LogP contribution in [0.15, 0.2) is 23.3 Å². The van der Waals surface area contributed by atoms with E-state index in [0.29, 0.717) is 0 Å². The molecule has 0 aromatic rings. The minimum atomic E-state index is -3.86. The first-order valence-electron chi connectivity index (χ1n) is 4.65. The molecule has 0 heterocycles. The second-order valence-electron chi connectivity index (χ2n) is 3.72. The van der Waals surface area contributed by atoms with E-state index in [1.807, 2.05) is 20.8 Å². The van der Waals surface area contributed by atoms with Crippen LogP contribution in [0.1, 0.15) is 33.6 Å². The van der Waals surface area contributed by atoms with E-state index in [0.717, 1.165) is 18.4 Å². The van der Waals surface area contributed by atoms with E-state index in [1.54, 1.807) is 6.08 Å². The van der Waals surface area contributed by atoms with E-state index in [2.05, 4.69) is 6.08 Å². The van der Waals surface area contributed by atoms with Crippen LogP contribution >= 0.6 is 7.60 Å². The minimum absolute atomic E-state index is 0.145. The van der Waals surface area contributed by atoms with Crippen molar-refractivity contribution in [2.75, 3.05) is 6.16 Å². The van der Waals surface area contributed by atoms with Gasteiger partial charge in [0.1, 0.15) is 0 Å². The van der Waals surface area contributed by atoms with E-state index < -0.39 is 7.60 Å². The summed E-state index contributed by atoms with van der Waals surface area (Å²) in [4.78, 5) is 17.3. The third kappa shape index (κ3) is 9.72. The Labute approximate surface area is 85.7 Å². The van der Waals surface area contributed by atoms with Crippen LogP contribution in [-0.2, 0) is 4.57 Å². The van der Waals surface area contributed by atoms with E-state index in [-0.39, 0.29) is 6.16 Å². The van der Waals surface area contributed by atoms with Gasteiger partial charge in [0.25, 0.3) is 0 Å². The maximum atomic E-state index is 10.6. The highest BCUT2D eigenvalue weighted by Crippen LogP contribution is 2.34. The first-order valence-corrected chi connectivity index (χ1v) is 6.44. The molecule has 0 fully saturated rings. The highest BCUT2D eigenvalue weighted by Gasteiger charge is 2.09. The van der Waals surface area contributed by atoms with Crippen molar-refractivity contribution in [2.24, 2.45) is 0 Å². The Kier molecular flexibility index (Phi) is 6.01. The third-order valence-electron chi connectivity index (χ3n) is 1.77. The van der Waals surface area contributed by atoms with Crippen molar-refractivity contribution in [3.8, 4) is 0 Å². The molecule has 0 atom stereocenters. The van der Waals surface area contributed by atoms with Crippen molar-refractivity contribution in [2.45, 2.75) is 33.6 Å². The largest absolute Gasteiger partial charge is 0.329 e. The second-order valence-corrected chi connectivity index (χ2v) is 5.41. The third-order valence-corrected chi connectivity index (χ3v) is 2.43. The van der Waals surface area contributed by atoms with Gasteiger partial charge in [-0.15, -0.1) is 0 Å². The van der Waals surface area contributed by atoms with Crippen LogP contribution in [0.3, 0.4) is 0 Å². The molecule has 0 amide bonds. The lowest BCUT2D eigenvalue weighted by atomic mass is 10.1. The normalized spacial score (nSPS) is 12.8. The fraction of sp³-hybridized carbons (Fsp3) is 0.600. The molecule has 82 valence electrons. The lowest BCUT2D eigenvalue weighted by molar-refractivity contribution is 0.377. The number of allylic oxidation sites excluding steroid dienone is 4. The predicted octanol–water partition coefficient (Wildman–Crippen LogP) is 2.86. The summed E-state index contributed by atoms with van der Waals surface area (Å²) in [7, 11) is -3.86. The number of hydrogen-bond acceptors (Lipinski definition) is 1. The monoisotopic (exact) mass is 218 g/mol. The van der Waals surface area contributed by atoms with Gasteiger partial charge in [0, 0.05) is 0 Å². The molecule has 0 aromatic heterocycles. The topological polar surface area (TPSA) is 57.5 Å². The van der Waals surface area contributed by atoms with Crippen LogP contribution in [0, 0.1) is 0 Å². The Hall–Kier alpha value is -0.370. The smallest absolute Gasteiger partial charge is 0.324 e. The first-order chi connectivity index (χ1) is 6.31. The van der Waals surface area contributed by atoms with E-state index in [1.165, 1.54) is 5.57 Å². The Balaban J connectivity index is 3.91. The molecule has 0 bridgehead atoms. The zero-order chi connectivity index (χ0) is 11.2. The lowest BCUT2D eigenvalue weighted by Crippen LogP contribution is -1.85. The highest BCUT2D eigenvalue weighted by molar-refractivity contribution is 7.51. The molecule has 0 aliphatic rings. The average molecular weight is 218 g/mol. The summed E-state index contributed by atoms with van der Waals surface area (Å²) >= 11 is 0. The summed E-state index contributed by atoms with van der Waals surface area (Å²) in [5.41, 5.74) is 2.30. The van der Waals surface area contributed by atoms with Gasteiger partial charge in [-0.25, -0.2) is 0 Å². The summed E-state index contributed by atoms with van der Waals surface area (Å²) in [5.74, 6) is 0. The molecule has 2 N–H and O–H groups in total. The standard InChI is InChI=1S/C10H19O3P/c1-9(2)5-4-6-10(3)7-8-14(11,12)13/h5,7H,4,6,8H2,1-3H3,(H2,11,12,13). The molecule has 0 aromatic carbocycles. The lowest BCUT2D eigenvalue weighted by Gasteiger charge is -2.01. The molecule has 0 aliphatic heterocycles. The van der Waals surface area contributed by atoms with E-state index in [4.69, 9.17) is 9.79 Å². The molecule has 0 aliphatic carbocycles. The Bertz CT molecular complexity index is 269. The quantitative estimate of drug-likeness (QED) is 0.551. The van der Waals surface area contributed by atoms with Gasteiger partial charge in [-0.2, -0.15) is 0 Å². The van der Waals surface area contributed by atoms with Gasteiger partial charge in [-0.05, 0) is 33.6 Å². The van der Waals surface area contributed by atoms with Crippen molar-refractivity contribution in [1.82, 2.24) is 0 Å². The maximum absolute atomic E-state index is 10.6. The van der Waals surface area contributed by atoms with Crippen molar-refractivity contribution >= 4 is 7.60 Å². The maximum Gasteiger partial charge on any atom is 0.329 e.